The molecule has 0 radical (unpaired) electrons. The van der Waals surface area contributed by atoms with E-state index >= 15 is 0 Å². The monoisotopic (exact) mass is 634 g/mol. The fourth-order valence-electron chi connectivity index (χ4n) is 5.93. The third-order valence-electron chi connectivity index (χ3n) is 8.18. The number of cyclic esters (lactones) is 1. The minimum absolute atomic E-state index is 0.179. The van der Waals surface area contributed by atoms with Crippen LogP contribution in [0.3, 0.4) is 0 Å². The van der Waals surface area contributed by atoms with Crippen molar-refractivity contribution in [2.24, 2.45) is 11.8 Å². The topological polar surface area (TPSA) is 68.3 Å². The van der Waals surface area contributed by atoms with Gasteiger partial charge in [-0.3, -0.25) is 9.69 Å². The Labute approximate surface area is 249 Å². The van der Waals surface area contributed by atoms with E-state index in [1.54, 1.807) is 0 Å². The van der Waals surface area contributed by atoms with Crippen LogP contribution in [0.15, 0.2) is 36.4 Å². The molecule has 44 heavy (non-hydrogen) atoms. The van der Waals surface area contributed by atoms with Crippen LogP contribution >= 0.6 is 0 Å². The molecule has 7 nitrogen and oxygen atoms in total. The second kappa shape index (κ2) is 13.1. The van der Waals surface area contributed by atoms with Crippen LogP contribution in [-0.2, 0) is 27.0 Å². The molecule has 0 spiro atoms. The number of rotatable bonds is 9. The average molecular weight is 635 g/mol. The number of anilines is 1. The number of nitrogens with zero attached hydrogens (tertiary/aromatic N) is 2. The van der Waals surface area contributed by atoms with E-state index in [-0.39, 0.29) is 35.5 Å². The normalized spacial score (nSPS) is 22.5. The maximum atomic E-state index is 14.1. The molecule has 4 rings (SSSR count). The maximum absolute atomic E-state index is 14.1. The molecular formula is C30H33F7N2O5. The van der Waals surface area contributed by atoms with E-state index in [1.165, 1.54) is 31.1 Å². The summed E-state index contributed by atoms with van der Waals surface area (Å²) in [4.78, 5) is 28.0. The lowest BCUT2D eigenvalue weighted by atomic mass is 9.81. The third kappa shape index (κ3) is 7.86. The fraction of sp³-hybridized carbons (Fsp3) is 0.533. The fourth-order valence-corrected chi connectivity index (χ4v) is 5.93. The summed E-state index contributed by atoms with van der Waals surface area (Å²) < 4.78 is 108. The van der Waals surface area contributed by atoms with Gasteiger partial charge in [-0.25, -0.2) is 9.18 Å². The lowest BCUT2D eigenvalue weighted by molar-refractivity contribution is -0.274. The highest BCUT2D eigenvalue weighted by Crippen LogP contribution is 2.39. The number of hydrogen-bond acceptors (Lipinski definition) is 6. The Kier molecular flexibility index (Phi) is 9.89. The van der Waals surface area contributed by atoms with Gasteiger partial charge in [-0.05, 0) is 93.0 Å². The summed E-state index contributed by atoms with van der Waals surface area (Å²) in [5.74, 6) is -1.92. The highest BCUT2D eigenvalue weighted by Gasteiger charge is 2.42. The summed E-state index contributed by atoms with van der Waals surface area (Å²) in [5.41, 5.74) is -0.623. The van der Waals surface area contributed by atoms with Gasteiger partial charge < -0.3 is 19.1 Å². The van der Waals surface area contributed by atoms with E-state index in [0.717, 1.165) is 25.0 Å². The lowest BCUT2D eigenvalue weighted by Crippen LogP contribution is -2.35. The molecule has 0 N–H and O–H groups in total. The van der Waals surface area contributed by atoms with Gasteiger partial charge in [-0.15, -0.1) is 13.2 Å². The van der Waals surface area contributed by atoms with E-state index in [1.807, 2.05) is 11.8 Å². The molecule has 2 atom stereocenters. The number of alkyl halides is 6. The number of carbonyl (C=O) groups excluding carboxylic acids is 2. The molecule has 0 aromatic heterocycles. The Hall–Kier alpha value is -3.71. The Morgan fingerprint density at radius 3 is 2.32 bits per heavy atom. The van der Waals surface area contributed by atoms with Gasteiger partial charge in [0.25, 0.3) is 0 Å². The Morgan fingerprint density at radius 1 is 1.05 bits per heavy atom. The molecule has 0 bridgehead atoms. The summed E-state index contributed by atoms with van der Waals surface area (Å²) in [6.07, 6.45) is -9.21. The number of benzene rings is 2. The van der Waals surface area contributed by atoms with E-state index in [2.05, 4.69) is 4.74 Å². The Bertz CT molecular complexity index is 1340. The Morgan fingerprint density at radius 2 is 1.73 bits per heavy atom. The molecule has 2 aromatic carbocycles. The van der Waals surface area contributed by atoms with Crippen LogP contribution in [0.2, 0.25) is 0 Å². The van der Waals surface area contributed by atoms with Crippen molar-refractivity contribution in [1.82, 2.24) is 4.90 Å². The van der Waals surface area contributed by atoms with Crippen LogP contribution in [0.25, 0.3) is 0 Å². The van der Waals surface area contributed by atoms with Crippen molar-refractivity contribution in [3.8, 4) is 5.75 Å². The van der Waals surface area contributed by atoms with Gasteiger partial charge in [0.1, 0.15) is 17.7 Å². The first-order chi connectivity index (χ1) is 20.6. The van der Waals surface area contributed by atoms with Gasteiger partial charge in [0.15, 0.2) is 0 Å². The molecule has 2 aliphatic rings. The van der Waals surface area contributed by atoms with Crippen LogP contribution in [0, 0.1) is 17.7 Å². The van der Waals surface area contributed by atoms with Crippen LogP contribution in [0.1, 0.15) is 62.3 Å². The van der Waals surface area contributed by atoms with Crippen molar-refractivity contribution in [1.29, 1.82) is 0 Å². The molecule has 1 aliphatic heterocycles. The molecule has 1 saturated heterocycles. The largest absolute Gasteiger partial charge is 0.573 e. The first kappa shape index (κ1) is 33.2. The van der Waals surface area contributed by atoms with E-state index in [9.17, 15) is 40.3 Å². The minimum atomic E-state index is -4.97. The summed E-state index contributed by atoms with van der Waals surface area (Å²) in [6, 6.07) is 4.80. The van der Waals surface area contributed by atoms with E-state index in [4.69, 9.17) is 9.47 Å². The van der Waals surface area contributed by atoms with Crippen LogP contribution in [0.5, 0.6) is 5.75 Å². The first-order valence-corrected chi connectivity index (χ1v) is 14.2. The predicted octanol–water partition coefficient (Wildman–Crippen LogP) is 7.63. The zero-order chi connectivity index (χ0) is 32.4. The number of halogens is 7. The molecule has 2 aromatic rings. The molecule has 2 fully saturated rings. The third-order valence-corrected chi connectivity index (χ3v) is 8.18. The highest BCUT2D eigenvalue weighted by atomic mass is 19.4. The van der Waals surface area contributed by atoms with Gasteiger partial charge in [0.2, 0.25) is 0 Å². The molecular weight excluding hydrogens is 601 g/mol. The SMILES string of the molecule is CCN(CC1CCC(C(=O)OC)CC1)c1ccc(OC(F)(F)F)cc1CN1C(=O)O[C@H](c2cc(F)cc(C(F)(F)F)c2)[C@@H]1C. The van der Waals surface area contributed by atoms with E-state index < -0.39 is 47.9 Å². The number of esters is 1. The van der Waals surface area contributed by atoms with Crippen LogP contribution in [-0.4, -0.2) is 49.6 Å². The number of ether oxygens (including phenoxy) is 3. The summed E-state index contributed by atoms with van der Waals surface area (Å²) in [7, 11) is 1.35. The minimum Gasteiger partial charge on any atom is -0.469 e. The highest BCUT2D eigenvalue weighted by molar-refractivity contribution is 5.72. The second-order valence-electron chi connectivity index (χ2n) is 11.1. The molecule has 0 unspecified atom stereocenters. The second-order valence-corrected chi connectivity index (χ2v) is 11.1. The average Bonchev–Trinajstić information content (AvgIpc) is 3.23. The van der Waals surface area contributed by atoms with Gasteiger partial charge in [0.05, 0.1) is 31.2 Å². The lowest BCUT2D eigenvalue weighted by Gasteiger charge is -2.34. The van der Waals surface area contributed by atoms with E-state index in [0.29, 0.717) is 43.8 Å². The van der Waals surface area contributed by atoms with Crippen LogP contribution in [0.4, 0.5) is 41.2 Å². The van der Waals surface area contributed by atoms with Gasteiger partial charge in [-0.2, -0.15) is 13.2 Å². The van der Waals surface area contributed by atoms with Gasteiger partial charge in [0, 0.05) is 18.8 Å². The van der Waals surface area contributed by atoms with Gasteiger partial charge >= 0.3 is 24.6 Å². The quantitative estimate of drug-likeness (QED) is 0.209. The zero-order valence-corrected chi connectivity index (χ0v) is 24.3. The molecule has 1 amide bonds. The molecule has 1 heterocycles. The molecule has 242 valence electrons. The maximum Gasteiger partial charge on any atom is 0.573 e. The first-order valence-electron chi connectivity index (χ1n) is 14.2. The molecule has 1 aliphatic carbocycles. The zero-order valence-electron chi connectivity index (χ0n) is 24.3. The van der Waals surface area contributed by atoms with Crippen molar-refractivity contribution in [3.05, 3.63) is 58.9 Å². The number of methoxy groups -OCH3 is 1. The standard InChI is InChI=1S/C30H33F7N2O5/c1-4-38(15-18-5-7-19(8-6-18)27(40)42-3)25-10-9-24(44-30(35,36)37)13-21(25)16-39-17(2)26(43-28(39)41)20-11-22(29(32,33)34)14-23(31)12-20/h9-14,17-19,26H,4-8,15-16H2,1-3H3/t17-,18?,19?,26-/m0/s1. The van der Waals surface area contributed by atoms with Crippen molar-refractivity contribution in [2.45, 2.75) is 70.8 Å². The summed E-state index contributed by atoms with van der Waals surface area (Å²) >= 11 is 0. The van der Waals surface area contributed by atoms with Crippen molar-refractivity contribution in [3.63, 3.8) is 0 Å². The number of carbonyl (C=O) groups is 2. The van der Waals surface area contributed by atoms with Gasteiger partial charge in [-0.1, -0.05) is 0 Å². The summed E-state index contributed by atoms with van der Waals surface area (Å²) in [5, 5.41) is 0. The van der Waals surface area contributed by atoms with Crippen molar-refractivity contribution >= 4 is 17.7 Å². The Balaban J connectivity index is 1.60. The smallest absolute Gasteiger partial charge is 0.469 e. The van der Waals surface area contributed by atoms with Crippen molar-refractivity contribution in [2.75, 3.05) is 25.1 Å². The number of amides is 1. The molecule has 14 heteroatoms. The predicted molar refractivity (Wildman–Crippen MR) is 144 cm³/mol. The molecule has 1 saturated carbocycles. The number of hydrogen-bond donors (Lipinski definition) is 0. The summed E-state index contributed by atoms with van der Waals surface area (Å²) in [6.45, 7) is 4.11. The van der Waals surface area contributed by atoms with Crippen LogP contribution < -0.4 is 9.64 Å². The van der Waals surface area contributed by atoms with Crippen molar-refractivity contribution < 1.29 is 54.5 Å².